The maximum absolute atomic E-state index is 14.9. The van der Waals surface area contributed by atoms with Crippen LogP contribution in [0.4, 0.5) is 14.9 Å². The molecule has 0 saturated heterocycles. The fraction of sp³-hybridized carbons (Fsp3) is 0.182. The van der Waals surface area contributed by atoms with E-state index in [1.54, 1.807) is 11.9 Å². The van der Waals surface area contributed by atoms with E-state index >= 15 is 0 Å². The van der Waals surface area contributed by atoms with Crippen LogP contribution in [-0.4, -0.2) is 54.2 Å². The smallest absolute Gasteiger partial charge is 0.411 e. The predicted molar refractivity (Wildman–Crippen MR) is 157 cm³/mol. The molecular formula is C33H30FN3O5. The Morgan fingerprint density at radius 2 is 1.50 bits per heavy atom. The zero-order valence-corrected chi connectivity index (χ0v) is 22.9. The standard InChI is InChI=1S/C33H30FN3O5/c1-37(18-21-10-3-2-4-11-21)19-29(32(39)40)35-31(38)26-16-9-17-28(34)30(26)36-33(41)42-20-27-24-14-7-5-12-22(24)23-13-6-8-15-25(23)27/h2-17,27,29H,18-20H2,1H3,(H,35,38)(H,36,41)(H,39,40). The first-order chi connectivity index (χ1) is 20.3. The van der Waals surface area contributed by atoms with E-state index in [0.29, 0.717) is 6.54 Å². The molecule has 0 radical (unpaired) electrons. The summed E-state index contributed by atoms with van der Waals surface area (Å²) in [6, 6.07) is 27.7. The first kappa shape index (κ1) is 28.5. The third-order valence-electron chi connectivity index (χ3n) is 7.22. The number of halogens is 1. The second kappa shape index (κ2) is 12.7. The molecule has 4 aromatic rings. The summed E-state index contributed by atoms with van der Waals surface area (Å²) in [6.45, 7) is 0.472. The lowest BCUT2D eigenvalue weighted by molar-refractivity contribution is -0.139. The molecule has 0 spiro atoms. The monoisotopic (exact) mass is 567 g/mol. The summed E-state index contributed by atoms with van der Waals surface area (Å²) in [5.41, 5.74) is 4.54. The molecule has 1 unspecified atom stereocenters. The molecule has 1 atom stereocenters. The van der Waals surface area contributed by atoms with Crippen molar-refractivity contribution in [2.24, 2.45) is 0 Å². The van der Waals surface area contributed by atoms with Crippen molar-refractivity contribution in [3.63, 3.8) is 0 Å². The van der Waals surface area contributed by atoms with Gasteiger partial charge >= 0.3 is 12.1 Å². The van der Waals surface area contributed by atoms with Gasteiger partial charge in [0.25, 0.3) is 5.91 Å². The van der Waals surface area contributed by atoms with Crippen molar-refractivity contribution in [3.05, 3.63) is 125 Å². The number of nitrogens with zero attached hydrogens (tertiary/aromatic N) is 1. The van der Waals surface area contributed by atoms with Crippen molar-refractivity contribution in [1.29, 1.82) is 0 Å². The molecule has 42 heavy (non-hydrogen) atoms. The molecule has 2 amide bonds. The second-order valence-electron chi connectivity index (χ2n) is 10.2. The lowest BCUT2D eigenvalue weighted by atomic mass is 9.98. The molecule has 4 aromatic carbocycles. The molecule has 5 rings (SSSR count). The third kappa shape index (κ3) is 6.31. The average Bonchev–Trinajstić information content (AvgIpc) is 3.30. The van der Waals surface area contributed by atoms with E-state index in [1.807, 2.05) is 78.9 Å². The van der Waals surface area contributed by atoms with E-state index in [9.17, 15) is 23.9 Å². The fourth-order valence-electron chi connectivity index (χ4n) is 5.27. The van der Waals surface area contributed by atoms with Crippen LogP contribution in [-0.2, 0) is 16.1 Å². The summed E-state index contributed by atoms with van der Waals surface area (Å²) >= 11 is 0. The Balaban J connectivity index is 1.25. The summed E-state index contributed by atoms with van der Waals surface area (Å²) in [6.07, 6.45) is -0.937. The Bertz CT molecular complexity index is 1570. The number of ether oxygens (including phenoxy) is 1. The highest BCUT2D eigenvalue weighted by molar-refractivity contribution is 6.04. The van der Waals surface area contributed by atoms with Gasteiger partial charge in [-0.3, -0.25) is 15.0 Å². The minimum atomic E-state index is -1.28. The van der Waals surface area contributed by atoms with Crippen molar-refractivity contribution in [2.75, 3.05) is 25.5 Å². The van der Waals surface area contributed by atoms with E-state index < -0.39 is 35.5 Å². The topological polar surface area (TPSA) is 108 Å². The number of carboxylic acids is 1. The number of anilines is 1. The van der Waals surface area contributed by atoms with Crippen LogP contribution in [0.15, 0.2) is 97.1 Å². The number of rotatable bonds is 10. The number of carbonyl (C=O) groups excluding carboxylic acids is 2. The van der Waals surface area contributed by atoms with Gasteiger partial charge in [0.15, 0.2) is 0 Å². The van der Waals surface area contributed by atoms with Gasteiger partial charge in [-0.05, 0) is 47.0 Å². The van der Waals surface area contributed by atoms with E-state index in [1.165, 1.54) is 12.1 Å². The first-order valence-electron chi connectivity index (χ1n) is 13.5. The van der Waals surface area contributed by atoms with Crippen LogP contribution in [0.2, 0.25) is 0 Å². The number of fused-ring (bicyclic) bond motifs is 3. The maximum atomic E-state index is 14.9. The molecule has 0 heterocycles. The zero-order chi connectivity index (χ0) is 29.6. The van der Waals surface area contributed by atoms with Gasteiger partial charge in [0, 0.05) is 19.0 Å². The van der Waals surface area contributed by atoms with Gasteiger partial charge in [0.2, 0.25) is 0 Å². The highest BCUT2D eigenvalue weighted by atomic mass is 19.1. The van der Waals surface area contributed by atoms with E-state index in [2.05, 4.69) is 10.6 Å². The molecule has 0 fully saturated rings. The summed E-state index contributed by atoms with van der Waals surface area (Å²) < 4.78 is 20.4. The zero-order valence-electron chi connectivity index (χ0n) is 22.9. The number of carbonyl (C=O) groups is 3. The third-order valence-corrected chi connectivity index (χ3v) is 7.22. The van der Waals surface area contributed by atoms with Crippen molar-refractivity contribution >= 4 is 23.7 Å². The number of aliphatic carboxylic acids is 1. The number of hydrogen-bond donors (Lipinski definition) is 3. The average molecular weight is 568 g/mol. The molecule has 9 heteroatoms. The summed E-state index contributed by atoms with van der Waals surface area (Å²) in [4.78, 5) is 39.7. The van der Waals surface area contributed by atoms with Crippen LogP contribution in [0, 0.1) is 5.82 Å². The van der Waals surface area contributed by atoms with Gasteiger partial charge in [-0.15, -0.1) is 0 Å². The lowest BCUT2D eigenvalue weighted by Gasteiger charge is -2.23. The van der Waals surface area contributed by atoms with E-state index in [0.717, 1.165) is 33.9 Å². The van der Waals surface area contributed by atoms with Gasteiger partial charge in [-0.1, -0.05) is 84.9 Å². The Morgan fingerprint density at radius 3 is 2.14 bits per heavy atom. The van der Waals surface area contributed by atoms with Crippen LogP contribution < -0.4 is 10.6 Å². The number of hydrogen-bond acceptors (Lipinski definition) is 5. The van der Waals surface area contributed by atoms with Crippen LogP contribution in [0.5, 0.6) is 0 Å². The quantitative estimate of drug-likeness (QED) is 0.234. The Hall–Kier alpha value is -5.02. The Labute approximate surface area is 242 Å². The van der Waals surface area contributed by atoms with Gasteiger partial charge in [-0.25, -0.2) is 14.0 Å². The fourth-order valence-corrected chi connectivity index (χ4v) is 5.27. The lowest BCUT2D eigenvalue weighted by Crippen LogP contribution is -2.47. The van der Waals surface area contributed by atoms with E-state index in [-0.39, 0.29) is 24.6 Å². The van der Waals surface area contributed by atoms with Crippen molar-refractivity contribution < 1.29 is 28.6 Å². The van der Waals surface area contributed by atoms with Crippen LogP contribution in [0.25, 0.3) is 11.1 Å². The minimum Gasteiger partial charge on any atom is -0.480 e. The predicted octanol–water partition coefficient (Wildman–Crippen LogP) is 5.50. The molecule has 0 aliphatic heterocycles. The van der Waals surface area contributed by atoms with Gasteiger partial charge in [0.05, 0.1) is 11.3 Å². The minimum absolute atomic E-state index is 0.000420. The molecule has 1 aliphatic rings. The van der Waals surface area contributed by atoms with Gasteiger partial charge in [0.1, 0.15) is 18.5 Å². The number of likely N-dealkylation sites (N-methyl/N-ethyl adjacent to an activating group) is 1. The van der Waals surface area contributed by atoms with Gasteiger partial charge in [-0.2, -0.15) is 0 Å². The number of benzene rings is 4. The molecule has 0 saturated carbocycles. The Kier molecular flexibility index (Phi) is 8.59. The second-order valence-corrected chi connectivity index (χ2v) is 10.2. The highest BCUT2D eigenvalue weighted by Gasteiger charge is 2.30. The molecular weight excluding hydrogens is 537 g/mol. The van der Waals surface area contributed by atoms with Crippen LogP contribution >= 0.6 is 0 Å². The number of para-hydroxylation sites is 1. The highest BCUT2D eigenvalue weighted by Crippen LogP contribution is 2.44. The Morgan fingerprint density at radius 1 is 0.881 bits per heavy atom. The van der Waals surface area contributed by atoms with Crippen molar-refractivity contribution in [1.82, 2.24) is 10.2 Å². The summed E-state index contributed by atoms with van der Waals surface area (Å²) in [7, 11) is 1.74. The molecule has 3 N–H and O–H groups in total. The molecule has 1 aliphatic carbocycles. The maximum Gasteiger partial charge on any atom is 0.411 e. The van der Waals surface area contributed by atoms with Crippen molar-refractivity contribution in [2.45, 2.75) is 18.5 Å². The first-order valence-corrected chi connectivity index (χ1v) is 13.5. The summed E-state index contributed by atoms with van der Waals surface area (Å²) in [5.74, 6) is -3.14. The number of amides is 2. The van der Waals surface area contributed by atoms with Gasteiger partial charge < -0.3 is 15.2 Å². The normalized spacial score (nSPS) is 12.7. The molecule has 8 nitrogen and oxygen atoms in total. The van der Waals surface area contributed by atoms with E-state index in [4.69, 9.17) is 4.74 Å². The SMILES string of the molecule is CN(Cc1ccccc1)CC(NC(=O)c1cccc(F)c1NC(=O)OCC1c2ccccc2-c2ccccc21)C(=O)O. The molecule has 0 bridgehead atoms. The largest absolute Gasteiger partial charge is 0.480 e. The molecule has 0 aromatic heterocycles. The number of carboxylic acid groups (broad SMARTS) is 1. The number of nitrogens with one attached hydrogen (secondary N) is 2. The van der Waals surface area contributed by atoms with Crippen molar-refractivity contribution in [3.8, 4) is 11.1 Å². The summed E-state index contributed by atoms with van der Waals surface area (Å²) in [5, 5.41) is 14.6. The van der Waals surface area contributed by atoms with Crippen LogP contribution in [0.3, 0.4) is 0 Å². The van der Waals surface area contributed by atoms with Crippen LogP contribution in [0.1, 0.15) is 33.0 Å². The molecule has 214 valence electrons.